The van der Waals surface area contributed by atoms with Crippen LogP contribution in [0.4, 0.5) is 10.5 Å². The Morgan fingerprint density at radius 2 is 1.62 bits per heavy atom. The molecule has 5 heteroatoms. The van der Waals surface area contributed by atoms with Gasteiger partial charge in [-0.25, -0.2) is 4.79 Å². The van der Waals surface area contributed by atoms with E-state index >= 15 is 0 Å². The topological polar surface area (TPSA) is 59.6 Å². The molecule has 0 spiro atoms. The molecular weight excluding hydrogens is 304 g/mol. The number of rotatable bonds is 5. The minimum atomic E-state index is -0.333. The van der Waals surface area contributed by atoms with E-state index in [1.54, 1.807) is 19.2 Å². The highest BCUT2D eigenvalue weighted by Crippen LogP contribution is 2.25. The van der Waals surface area contributed by atoms with Gasteiger partial charge in [0.25, 0.3) is 0 Å². The minimum absolute atomic E-state index is 0.0415. The van der Waals surface area contributed by atoms with Gasteiger partial charge < -0.3 is 20.1 Å². The highest BCUT2D eigenvalue weighted by molar-refractivity contribution is 5.93. The minimum Gasteiger partial charge on any atom is -0.493 e. The number of hydrogen-bond donors (Lipinski definition) is 2. The van der Waals surface area contributed by atoms with E-state index in [4.69, 9.17) is 9.47 Å². The average molecular weight is 322 g/mol. The Labute approximate surface area is 140 Å². The van der Waals surface area contributed by atoms with Gasteiger partial charge in [0.15, 0.2) is 18.2 Å². The number of amides is 2. The Kier molecular flexibility index (Phi) is 4.81. The first-order chi connectivity index (χ1) is 11.8. The molecule has 0 radical (unpaired) electrons. The second-order valence-electron chi connectivity index (χ2n) is 5.13. The van der Waals surface area contributed by atoms with E-state index in [0.717, 1.165) is 16.5 Å². The molecule has 5 nitrogen and oxygen atoms in total. The summed E-state index contributed by atoms with van der Waals surface area (Å²) in [6.45, 7) is 0.0415. The van der Waals surface area contributed by atoms with Gasteiger partial charge in [-0.05, 0) is 35.0 Å². The summed E-state index contributed by atoms with van der Waals surface area (Å²) < 4.78 is 10.7. The first kappa shape index (κ1) is 15.7. The van der Waals surface area contributed by atoms with Gasteiger partial charge in [0.2, 0.25) is 0 Å². The molecule has 0 bridgehead atoms. The standard InChI is InChI=1S/C19H18N2O3/c1-23-17-8-4-5-9-18(17)24-13-20-19(22)21-16-11-10-14-6-2-3-7-15(14)12-16/h2-12H,13H2,1H3,(H2,20,21,22). The van der Waals surface area contributed by atoms with E-state index in [0.29, 0.717) is 11.5 Å². The van der Waals surface area contributed by atoms with Crippen LogP contribution in [0, 0.1) is 0 Å². The van der Waals surface area contributed by atoms with Crippen molar-refractivity contribution in [2.45, 2.75) is 0 Å². The first-order valence-electron chi connectivity index (χ1n) is 7.56. The smallest absolute Gasteiger partial charge is 0.321 e. The number of hydrogen-bond acceptors (Lipinski definition) is 3. The second kappa shape index (κ2) is 7.37. The van der Waals surface area contributed by atoms with Gasteiger partial charge >= 0.3 is 6.03 Å². The normalized spacial score (nSPS) is 10.2. The number of ether oxygens (including phenoxy) is 2. The Hall–Kier alpha value is -3.21. The first-order valence-corrected chi connectivity index (χ1v) is 7.56. The molecular formula is C19H18N2O3. The average Bonchev–Trinajstić information content (AvgIpc) is 2.62. The molecule has 0 unspecified atom stereocenters. The van der Waals surface area contributed by atoms with Crippen molar-refractivity contribution in [3.63, 3.8) is 0 Å². The van der Waals surface area contributed by atoms with Gasteiger partial charge in [-0.2, -0.15) is 0 Å². The number of carbonyl (C=O) groups is 1. The third-order valence-corrected chi connectivity index (χ3v) is 3.54. The molecule has 122 valence electrons. The molecule has 0 aromatic heterocycles. The summed E-state index contributed by atoms with van der Waals surface area (Å²) in [5.41, 5.74) is 0.725. The molecule has 0 heterocycles. The lowest BCUT2D eigenvalue weighted by Crippen LogP contribution is -2.32. The fraction of sp³-hybridized carbons (Fsp3) is 0.105. The summed E-state index contributed by atoms with van der Waals surface area (Å²) in [4.78, 5) is 12.0. The molecule has 24 heavy (non-hydrogen) atoms. The van der Waals surface area contributed by atoms with Gasteiger partial charge in [-0.15, -0.1) is 0 Å². The van der Waals surface area contributed by atoms with Gasteiger partial charge in [0.1, 0.15) is 0 Å². The lowest BCUT2D eigenvalue weighted by molar-refractivity contribution is 0.231. The van der Waals surface area contributed by atoms with Crippen LogP contribution in [-0.2, 0) is 0 Å². The van der Waals surface area contributed by atoms with E-state index < -0.39 is 0 Å². The van der Waals surface area contributed by atoms with E-state index in [-0.39, 0.29) is 12.8 Å². The highest BCUT2D eigenvalue weighted by Gasteiger charge is 2.05. The SMILES string of the molecule is COc1ccccc1OCNC(=O)Nc1ccc2ccccc2c1. The summed E-state index contributed by atoms with van der Waals surface area (Å²) in [6, 6.07) is 20.7. The summed E-state index contributed by atoms with van der Waals surface area (Å²) in [5.74, 6) is 1.19. The monoisotopic (exact) mass is 322 g/mol. The van der Waals surface area contributed by atoms with Crippen molar-refractivity contribution < 1.29 is 14.3 Å². The van der Waals surface area contributed by atoms with Crippen molar-refractivity contribution in [2.75, 3.05) is 19.2 Å². The lowest BCUT2D eigenvalue weighted by Gasteiger charge is -2.12. The van der Waals surface area contributed by atoms with Crippen molar-refractivity contribution >= 4 is 22.5 Å². The number of urea groups is 1. The van der Waals surface area contributed by atoms with Crippen molar-refractivity contribution in [1.82, 2.24) is 5.32 Å². The fourth-order valence-corrected chi connectivity index (χ4v) is 2.36. The van der Waals surface area contributed by atoms with Crippen molar-refractivity contribution in [3.05, 3.63) is 66.7 Å². The van der Waals surface area contributed by atoms with Gasteiger partial charge in [-0.1, -0.05) is 42.5 Å². The van der Waals surface area contributed by atoms with E-state index in [1.807, 2.05) is 54.6 Å². The van der Waals surface area contributed by atoms with Crippen LogP contribution in [0.3, 0.4) is 0 Å². The van der Waals surface area contributed by atoms with Gasteiger partial charge in [0, 0.05) is 5.69 Å². The maximum atomic E-state index is 12.0. The molecule has 0 aliphatic heterocycles. The van der Waals surface area contributed by atoms with Crippen LogP contribution in [0.25, 0.3) is 10.8 Å². The zero-order valence-corrected chi connectivity index (χ0v) is 13.3. The quantitative estimate of drug-likeness (QED) is 0.698. The molecule has 2 amide bonds. The maximum Gasteiger partial charge on any atom is 0.321 e. The second-order valence-corrected chi connectivity index (χ2v) is 5.13. The van der Waals surface area contributed by atoms with Crippen LogP contribution in [0.1, 0.15) is 0 Å². The van der Waals surface area contributed by atoms with E-state index in [1.165, 1.54) is 0 Å². The Bertz CT molecular complexity index is 849. The van der Waals surface area contributed by atoms with Crippen molar-refractivity contribution in [3.8, 4) is 11.5 Å². The molecule has 3 aromatic rings. The molecule has 2 N–H and O–H groups in total. The molecule has 3 rings (SSSR count). The fourth-order valence-electron chi connectivity index (χ4n) is 2.36. The predicted octanol–water partition coefficient (Wildman–Crippen LogP) is 4.01. The van der Waals surface area contributed by atoms with E-state index in [2.05, 4.69) is 10.6 Å². The van der Waals surface area contributed by atoms with Gasteiger partial charge in [0.05, 0.1) is 7.11 Å². The van der Waals surface area contributed by atoms with Crippen molar-refractivity contribution in [2.24, 2.45) is 0 Å². The van der Waals surface area contributed by atoms with Crippen LogP contribution >= 0.6 is 0 Å². The van der Waals surface area contributed by atoms with E-state index in [9.17, 15) is 4.79 Å². The van der Waals surface area contributed by atoms with Gasteiger partial charge in [-0.3, -0.25) is 0 Å². The zero-order valence-electron chi connectivity index (χ0n) is 13.3. The maximum absolute atomic E-state index is 12.0. The number of carbonyl (C=O) groups excluding carboxylic acids is 1. The summed E-state index contributed by atoms with van der Waals surface area (Å²) in [7, 11) is 1.57. The highest BCUT2D eigenvalue weighted by atomic mass is 16.5. The predicted molar refractivity (Wildman–Crippen MR) is 94.6 cm³/mol. The number of methoxy groups -OCH3 is 1. The number of para-hydroxylation sites is 2. The van der Waals surface area contributed by atoms with Crippen LogP contribution in [-0.4, -0.2) is 19.9 Å². The zero-order chi connectivity index (χ0) is 16.8. The number of anilines is 1. The Morgan fingerprint density at radius 3 is 2.42 bits per heavy atom. The summed E-state index contributed by atoms with van der Waals surface area (Å²) in [5, 5.41) is 7.64. The molecule has 0 saturated carbocycles. The third-order valence-electron chi connectivity index (χ3n) is 3.54. The molecule has 0 saturated heterocycles. The molecule has 0 atom stereocenters. The van der Waals surface area contributed by atoms with Crippen LogP contribution in [0.15, 0.2) is 66.7 Å². The third kappa shape index (κ3) is 3.76. The molecule has 3 aromatic carbocycles. The lowest BCUT2D eigenvalue weighted by atomic mass is 10.1. The van der Waals surface area contributed by atoms with Crippen LogP contribution < -0.4 is 20.1 Å². The van der Waals surface area contributed by atoms with Crippen molar-refractivity contribution in [1.29, 1.82) is 0 Å². The summed E-state index contributed by atoms with van der Waals surface area (Å²) in [6.07, 6.45) is 0. The molecule has 0 aliphatic carbocycles. The Morgan fingerprint density at radius 1 is 0.917 bits per heavy atom. The number of benzene rings is 3. The Balaban J connectivity index is 1.55. The number of nitrogens with one attached hydrogen (secondary N) is 2. The largest absolute Gasteiger partial charge is 0.493 e. The molecule has 0 fully saturated rings. The number of fused-ring (bicyclic) bond motifs is 1. The summed E-state index contributed by atoms with van der Waals surface area (Å²) >= 11 is 0. The van der Waals surface area contributed by atoms with Crippen LogP contribution in [0.5, 0.6) is 11.5 Å². The van der Waals surface area contributed by atoms with Crippen LogP contribution in [0.2, 0.25) is 0 Å². The molecule has 0 aliphatic rings.